The van der Waals surface area contributed by atoms with Gasteiger partial charge in [0.15, 0.2) is 5.69 Å². The van der Waals surface area contributed by atoms with Gasteiger partial charge in [0.05, 0.1) is 0 Å². The monoisotopic (exact) mass is 288 g/mol. The third kappa shape index (κ3) is 3.75. The lowest BCUT2D eigenvalue weighted by atomic mass is 10.2. The number of aromatic nitrogens is 2. The van der Waals surface area contributed by atoms with Crippen LogP contribution in [0.15, 0.2) is 30.3 Å². The molecule has 2 aromatic rings. The van der Waals surface area contributed by atoms with Gasteiger partial charge < -0.3 is 10.6 Å². The fourth-order valence-corrected chi connectivity index (χ4v) is 1.73. The van der Waals surface area contributed by atoms with E-state index in [4.69, 9.17) is 0 Å². The fourth-order valence-electron chi connectivity index (χ4n) is 1.73. The molecule has 1 aromatic heterocycles. The van der Waals surface area contributed by atoms with Crippen molar-refractivity contribution < 1.29 is 9.18 Å². The summed E-state index contributed by atoms with van der Waals surface area (Å²) in [5.74, 6) is -0.161. The molecule has 0 unspecified atom stereocenters. The third-order valence-corrected chi connectivity index (χ3v) is 2.97. The molecular formula is C15H17FN4O. The lowest BCUT2D eigenvalue weighted by molar-refractivity contribution is 0.102. The Balaban J connectivity index is 2.08. The second-order valence-electron chi connectivity index (χ2n) is 4.60. The van der Waals surface area contributed by atoms with Gasteiger partial charge in [0.25, 0.3) is 5.91 Å². The van der Waals surface area contributed by atoms with Crippen LogP contribution in [-0.2, 0) is 0 Å². The Morgan fingerprint density at radius 3 is 2.71 bits per heavy atom. The zero-order valence-electron chi connectivity index (χ0n) is 12.0. The van der Waals surface area contributed by atoms with Gasteiger partial charge in [-0.05, 0) is 37.6 Å². The largest absolute Gasteiger partial charge is 0.369 e. The van der Waals surface area contributed by atoms with Gasteiger partial charge in [-0.3, -0.25) is 4.79 Å². The molecule has 0 aliphatic rings. The van der Waals surface area contributed by atoms with E-state index >= 15 is 0 Å². The number of hydrogen-bond acceptors (Lipinski definition) is 4. The van der Waals surface area contributed by atoms with Crippen LogP contribution in [0, 0.1) is 12.7 Å². The van der Waals surface area contributed by atoms with Crippen LogP contribution in [0.5, 0.6) is 0 Å². The van der Waals surface area contributed by atoms with E-state index in [1.165, 1.54) is 6.07 Å². The molecule has 0 saturated heterocycles. The number of carbonyl (C=O) groups excluding carboxylic acids is 1. The second kappa shape index (κ2) is 6.78. The lowest BCUT2D eigenvalue weighted by Crippen LogP contribution is -2.16. The minimum atomic E-state index is -0.418. The van der Waals surface area contributed by atoms with Gasteiger partial charge in [0, 0.05) is 17.8 Å². The number of nitrogens with one attached hydrogen (secondary N) is 2. The molecule has 0 aliphatic carbocycles. The molecule has 2 N–H and O–H groups in total. The van der Waals surface area contributed by atoms with Gasteiger partial charge in [-0.15, -0.1) is 10.2 Å². The van der Waals surface area contributed by atoms with Crippen molar-refractivity contribution in [3.8, 4) is 0 Å². The van der Waals surface area contributed by atoms with Crippen molar-refractivity contribution in [3.05, 3.63) is 47.4 Å². The van der Waals surface area contributed by atoms with Gasteiger partial charge in [-0.25, -0.2) is 4.39 Å². The molecule has 0 bridgehead atoms. The van der Waals surface area contributed by atoms with E-state index in [2.05, 4.69) is 20.8 Å². The average molecular weight is 288 g/mol. The minimum Gasteiger partial charge on any atom is -0.369 e. The zero-order chi connectivity index (χ0) is 15.2. The van der Waals surface area contributed by atoms with E-state index in [0.29, 0.717) is 17.1 Å². The van der Waals surface area contributed by atoms with Gasteiger partial charge in [-0.1, -0.05) is 13.0 Å². The van der Waals surface area contributed by atoms with Crippen molar-refractivity contribution in [2.45, 2.75) is 20.3 Å². The summed E-state index contributed by atoms with van der Waals surface area (Å²) in [5, 5.41) is 13.5. The first-order valence-corrected chi connectivity index (χ1v) is 6.76. The van der Waals surface area contributed by atoms with Crippen LogP contribution in [0.1, 0.15) is 29.4 Å². The summed E-state index contributed by atoms with van der Waals surface area (Å²) in [6.45, 7) is 4.45. The van der Waals surface area contributed by atoms with Crippen LogP contribution in [-0.4, -0.2) is 22.6 Å². The number of nitrogens with zero attached hydrogens (tertiary/aromatic N) is 2. The average Bonchev–Trinajstić information content (AvgIpc) is 2.50. The van der Waals surface area contributed by atoms with E-state index in [0.717, 1.165) is 13.0 Å². The van der Waals surface area contributed by atoms with Crippen molar-refractivity contribution in [1.82, 2.24) is 10.2 Å². The predicted octanol–water partition coefficient (Wildman–Crippen LogP) is 3.00. The molecule has 0 fully saturated rings. The first kappa shape index (κ1) is 14.9. The van der Waals surface area contributed by atoms with Crippen LogP contribution in [0.3, 0.4) is 0 Å². The molecule has 6 heteroatoms. The maximum absolute atomic E-state index is 13.4. The Bertz CT molecular complexity index is 628. The summed E-state index contributed by atoms with van der Waals surface area (Å²) >= 11 is 0. The van der Waals surface area contributed by atoms with E-state index in [1.807, 2.05) is 6.92 Å². The highest BCUT2D eigenvalue weighted by molar-refractivity contribution is 6.03. The number of benzene rings is 1. The summed E-state index contributed by atoms with van der Waals surface area (Å²) in [5.41, 5.74) is 0.996. The number of amides is 1. The summed E-state index contributed by atoms with van der Waals surface area (Å²) in [7, 11) is 0. The van der Waals surface area contributed by atoms with Crippen molar-refractivity contribution >= 4 is 17.4 Å². The lowest BCUT2D eigenvalue weighted by Gasteiger charge is -2.08. The van der Waals surface area contributed by atoms with Gasteiger partial charge in [-0.2, -0.15) is 0 Å². The summed E-state index contributed by atoms with van der Waals surface area (Å²) in [4.78, 5) is 12.0. The molecule has 110 valence electrons. The molecule has 2 rings (SSSR count). The number of anilines is 2. The molecule has 1 aromatic carbocycles. The molecular weight excluding hydrogens is 271 g/mol. The van der Waals surface area contributed by atoms with E-state index in [-0.39, 0.29) is 11.5 Å². The van der Waals surface area contributed by atoms with Crippen LogP contribution in [0.4, 0.5) is 15.9 Å². The summed E-state index contributed by atoms with van der Waals surface area (Å²) < 4.78 is 13.4. The molecule has 5 nitrogen and oxygen atoms in total. The van der Waals surface area contributed by atoms with E-state index < -0.39 is 5.91 Å². The number of hydrogen-bond donors (Lipinski definition) is 2. The maximum atomic E-state index is 13.4. The molecule has 0 atom stereocenters. The van der Waals surface area contributed by atoms with E-state index in [1.54, 1.807) is 31.2 Å². The first-order valence-electron chi connectivity index (χ1n) is 6.76. The molecule has 1 amide bonds. The Hall–Kier alpha value is -2.50. The van der Waals surface area contributed by atoms with Crippen molar-refractivity contribution in [1.29, 1.82) is 0 Å². The predicted molar refractivity (Wildman–Crippen MR) is 79.9 cm³/mol. The highest BCUT2D eigenvalue weighted by atomic mass is 19.1. The summed E-state index contributed by atoms with van der Waals surface area (Å²) in [6, 6.07) is 7.80. The van der Waals surface area contributed by atoms with Crippen LogP contribution in [0.2, 0.25) is 0 Å². The first-order chi connectivity index (χ1) is 10.1. The normalized spacial score (nSPS) is 10.2. The van der Waals surface area contributed by atoms with Crippen molar-refractivity contribution in [2.75, 3.05) is 17.2 Å². The van der Waals surface area contributed by atoms with Gasteiger partial charge >= 0.3 is 0 Å². The van der Waals surface area contributed by atoms with Gasteiger partial charge in [0.1, 0.15) is 11.6 Å². The summed E-state index contributed by atoms with van der Waals surface area (Å²) in [6.07, 6.45) is 0.975. The quantitative estimate of drug-likeness (QED) is 0.887. The SMILES string of the molecule is CCCNc1ccc(C(=O)Nc2cccc(F)c2C)nn1. The smallest absolute Gasteiger partial charge is 0.276 e. The highest BCUT2D eigenvalue weighted by Crippen LogP contribution is 2.18. The highest BCUT2D eigenvalue weighted by Gasteiger charge is 2.11. The Labute approximate surface area is 122 Å². The van der Waals surface area contributed by atoms with E-state index in [9.17, 15) is 9.18 Å². The molecule has 21 heavy (non-hydrogen) atoms. The van der Waals surface area contributed by atoms with Crippen molar-refractivity contribution in [3.63, 3.8) is 0 Å². The second-order valence-corrected chi connectivity index (χ2v) is 4.60. The van der Waals surface area contributed by atoms with Crippen LogP contribution in [0.25, 0.3) is 0 Å². The Kier molecular flexibility index (Phi) is 4.81. The van der Waals surface area contributed by atoms with Crippen molar-refractivity contribution in [2.24, 2.45) is 0 Å². The topological polar surface area (TPSA) is 66.9 Å². The van der Waals surface area contributed by atoms with Crippen LogP contribution < -0.4 is 10.6 Å². The molecule has 0 aliphatic heterocycles. The Morgan fingerprint density at radius 1 is 1.24 bits per heavy atom. The third-order valence-electron chi connectivity index (χ3n) is 2.97. The zero-order valence-corrected chi connectivity index (χ0v) is 12.0. The van der Waals surface area contributed by atoms with Gasteiger partial charge in [0.2, 0.25) is 0 Å². The van der Waals surface area contributed by atoms with Crippen LogP contribution >= 0.6 is 0 Å². The molecule has 0 saturated carbocycles. The standard InChI is InChI=1S/C15H17FN4O/c1-3-9-17-14-8-7-13(19-20-14)15(21)18-12-6-4-5-11(16)10(12)2/h4-8H,3,9H2,1-2H3,(H,17,20)(H,18,21). The number of carbonyl (C=O) groups is 1. The maximum Gasteiger partial charge on any atom is 0.276 e. The number of halogens is 1. The molecule has 0 spiro atoms. The minimum absolute atomic E-state index is 0.181. The number of rotatable bonds is 5. The fraction of sp³-hybridized carbons (Fsp3) is 0.267. The molecule has 1 heterocycles. The Morgan fingerprint density at radius 2 is 2.05 bits per heavy atom. The molecule has 0 radical (unpaired) electrons.